The minimum Gasteiger partial charge on any atom is -0.464 e. The van der Waals surface area contributed by atoms with Crippen LogP contribution in [0.4, 0.5) is 4.39 Å². The zero-order valence-electron chi connectivity index (χ0n) is 10.3. The second kappa shape index (κ2) is 5.12. The molecule has 1 aromatic heterocycles. The smallest absolute Gasteiger partial charge is 0.273 e. The van der Waals surface area contributed by atoms with Crippen LogP contribution in [0.25, 0.3) is 0 Å². The Balaban J connectivity index is 1.68. The molecule has 20 heavy (non-hydrogen) atoms. The highest BCUT2D eigenvalue weighted by molar-refractivity contribution is 7.89. The van der Waals surface area contributed by atoms with Crippen LogP contribution in [0.3, 0.4) is 0 Å². The van der Waals surface area contributed by atoms with E-state index in [0.29, 0.717) is 5.19 Å². The van der Waals surface area contributed by atoms with Gasteiger partial charge in [0, 0.05) is 11.6 Å². The summed E-state index contributed by atoms with van der Waals surface area (Å²) in [6.45, 7) is 0.409. The lowest BCUT2D eigenvalue weighted by Crippen LogP contribution is -2.56. The molecule has 1 fully saturated rings. The van der Waals surface area contributed by atoms with E-state index in [-0.39, 0.29) is 24.1 Å². The minimum atomic E-state index is -3.78. The SMILES string of the molecule is O=S(=O)(c1ccccc1F)N1CC(Oc2nccs2)C1. The van der Waals surface area contributed by atoms with Crippen LogP contribution >= 0.6 is 11.3 Å². The van der Waals surface area contributed by atoms with Crippen molar-refractivity contribution in [3.05, 3.63) is 41.7 Å². The van der Waals surface area contributed by atoms with E-state index < -0.39 is 15.8 Å². The van der Waals surface area contributed by atoms with Gasteiger partial charge in [0.1, 0.15) is 16.8 Å². The first-order valence-corrected chi connectivity index (χ1v) is 8.20. The van der Waals surface area contributed by atoms with E-state index in [4.69, 9.17) is 4.74 Å². The first-order valence-electron chi connectivity index (χ1n) is 5.88. The van der Waals surface area contributed by atoms with Crippen molar-refractivity contribution in [2.24, 2.45) is 0 Å². The number of benzene rings is 1. The first-order chi connectivity index (χ1) is 9.57. The molecule has 0 bridgehead atoms. The van der Waals surface area contributed by atoms with Gasteiger partial charge in [0.05, 0.1) is 13.1 Å². The number of hydrogen-bond donors (Lipinski definition) is 0. The summed E-state index contributed by atoms with van der Waals surface area (Å²) in [5.74, 6) is -0.739. The van der Waals surface area contributed by atoms with Gasteiger partial charge in [-0.1, -0.05) is 23.5 Å². The fourth-order valence-corrected chi connectivity index (χ4v) is 4.00. The van der Waals surface area contributed by atoms with Crippen LogP contribution in [-0.2, 0) is 10.0 Å². The van der Waals surface area contributed by atoms with Gasteiger partial charge in [0.2, 0.25) is 10.0 Å². The Labute approximate surface area is 119 Å². The standard InChI is InChI=1S/C12H11FN2O3S2/c13-10-3-1-2-4-11(10)20(16,17)15-7-9(8-15)18-12-14-5-6-19-12/h1-6,9H,7-8H2. The maximum Gasteiger partial charge on any atom is 0.273 e. The molecular weight excluding hydrogens is 303 g/mol. The van der Waals surface area contributed by atoms with Gasteiger partial charge in [-0.25, -0.2) is 17.8 Å². The molecule has 1 aliphatic heterocycles. The third-order valence-corrected chi connectivity index (χ3v) is 5.47. The van der Waals surface area contributed by atoms with Gasteiger partial charge in [-0.15, -0.1) is 0 Å². The molecule has 8 heteroatoms. The Morgan fingerprint density at radius 1 is 1.35 bits per heavy atom. The molecule has 1 saturated heterocycles. The molecule has 0 N–H and O–H groups in total. The van der Waals surface area contributed by atoms with Crippen molar-refractivity contribution in [2.75, 3.05) is 13.1 Å². The second-order valence-corrected chi connectivity index (χ2v) is 7.05. The molecular formula is C12H11FN2O3S2. The zero-order chi connectivity index (χ0) is 14.2. The lowest BCUT2D eigenvalue weighted by Gasteiger charge is -2.37. The minimum absolute atomic E-state index is 0.205. The summed E-state index contributed by atoms with van der Waals surface area (Å²) in [4.78, 5) is 3.67. The monoisotopic (exact) mass is 314 g/mol. The van der Waals surface area contributed by atoms with E-state index >= 15 is 0 Å². The first kappa shape index (κ1) is 13.5. The van der Waals surface area contributed by atoms with Crippen molar-refractivity contribution in [2.45, 2.75) is 11.0 Å². The van der Waals surface area contributed by atoms with Crippen molar-refractivity contribution < 1.29 is 17.5 Å². The third kappa shape index (κ3) is 2.41. The topological polar surface area (TPSA) is 59.5 Å². The summed E-state index contributed by atoms with van der Waals surface area (Å²) in [5.41, 5.74) is 0. The molecule has 0 spiro atoms. The zero-order valence-corrected chi connectivity index (χ0v) is 11.9. The Bertz CT molecular complexity index is 697. The molecule has 0 aliphatic carbocycles. The van der Waals surface area contributed by atoms with Crippen LogP contribution < -0.4 is 4.74 Å². The summed E-state index contributed by atoms with van der Waals surface area (Å²) < 4.78 is 44.7. The van der Waals surface area contributed by atoms with Crippen LogP contribution in [0.1, 0.15) is 0 Å². The van der Waals surface area contributed by atoms with Gasteiger partial charge in [-0.2, -0.15) is 4.31 Å². The molecule has 3 rings (SSSR count). The lowest BCUT2D eigenvalue weighted by atomic mass is 10.2. The highest BCUT2D eigenvalue weighted by Gasteiger charge is 2.39. The van der Waals surface area contributed by atoms with Gasteiger partial charge < -0.3 is 4.74 Å². The van der Waals surface area contributed by atoms with Crippen LogP contribution in [0.5, 0.6) is 5.19 Å². The number of ether oxygens (including phenoxy) is 1. The van der Waals surface area contributed by atoms with Crippen molar-refractivity contribution in [1.82, 2.24) is 9.29 Å². The molecule has 1 aromatic carbocycles. The summed E-state index contributed by atoms with van der Waals surface area (Å²) in [5, 5.41) is 2.29. The molecule has 2 heterocycles. The maximum absolute atomic E-state index is 13.6. The van der Waals surface area contributed by atoms with Crippen molar-refractivity contribution in [3.63, 3.8) is 0 Å². The van der Waals surface area contributed by atoms with Gasteiger partial charge in [-0.3, -0.25) is 0 Å². The number of hydrogen-bond acceptors (Lipinski definition) is 5. The normalized spacial score (nSPS) is 16.9. The third-order valence-electron chi connectivity index (χ3n) is 2.95. The largest absolute Gasteiger partial charge is 0.464 e. The van der Waals surface area contributed by atoms with E-state index in [1.807, 2.05) is 0 Å². The Morgan fingerprint density at radius 2 is 2.10 bits per heavy atom. The van der Waals surface area contributed by atoms with Crippen LogP contribution in [0.15, 0.2) is 40.7 Å². The van der Waals surface area contributed by atoms with E-state index in [0.717, 1.165) is 6.07 Å². The fourth-order valence-electron chi connectivity index (χ4n) is 1.88. The number of nitrogens with zero attached hydrogens (tertiary/aromatic N) is 2. The molecule has 0 atom stereocenters. The van der Waals surface area contributed by atoms with Gasteiger partial charge >= 0.3 is 0 Å². The van der Waals surface area contributed by atoms with Gasteiger partial charge in [-0.05, 0) is 12.1 Å². The summed E-state index contributed by atoms with van der Waals surface area (Å²) in [6, 6.07) is 5.36. The van der Waals surface area contributed by atoms with Crippen molar-refractivity contribution >= 4 is 21.4 Å². The van der Waals surface area contributed by atoms with Crippen LogP contribution in [0.2, 0.25) is 0 Å². The summed E-state index contributed by atoms with van der Waals surface area (Å²) >= 11 is 1.35. The highest BCUT2D eigenvalue weighted by Crippen LogP contribution is 2.26. The summed E-state index contributed by atoms with van der Waals surface area (Å²) in [7, 11) is -3.78. The quantitative estimate of drug-likeness (QED) is 0.862. The summed E-state index contributed by atoms with van der Waals surface area (Å²) in [6.07, 6.45) is 1.38. The molecule has 5 nitrogen and oxygen atoms in total. The van der Waals surface area contributed by atoms with E-state index in [2.05, 4.69) is 4.98 Å². The molecule has 0 unspecified atom stereocenters. The number of rotatable bonds is 4. The van der Waals surface area contributed by atoms with E-state index in [1.54, 1.807) is 11.6 Å². The molecule has 2 aromatic rings. The van der Waals surface area contributed by atoms with E-state index in [1.165, 1.54) is 33.8 Å². The molecule has 106 valence electrons. The lowest BCUT2D eigenvalue weighted by molar-refractivity contribution is 0.0758. The van der Waals surface area contributed by atoms with Crippen LogP contribution in [0, 0.1) is 5.82 Å². The number of thiazole rings is 1. The van der Waals surface area contributed by atoms with Gasteiger partial charge in [0.25, 0.3) is 5.19 Å². The molecule has 0 amide bonds. The fraction of sp³-hybridized carbons (Fsp3) is 0.250. The Kier molecular flexibility index (Phi) is 3.45. The predicted molar refractivity (Wildman–Crippen MR) is 71.7 cm³/mol. The van der Waals surface area contributed by atoms with Crippen LogP contribution in [-0.4, -0.2) is 36.9 Å². The number of sulfonamides is 1. The van der Waals surface area contributed by atoms with Crippen molar-refractivity contribution in [3.8, 4) is 5.19 Å². The molecule has 0 saturated carbocycles. The number of aromatic nitrogens is 1. The Hall–Kier alpha value is -1.51. The Morgan fingerprint density at radius 3 is 2.75 bits per heavy atom. The molecule has 0 radical (unpaired) electrons. The van der Waals surface area contributed by atoms with Gasteiger partial charge in [0.15, 0.2) is 0 Å². The highest BCUT2D eigenvalue weighted by atomic mass is 32.2. The predicted octanol–water partition coefficient (Wildman–Crippen LogP) is 1.73. The number of halogens is 1. The maximum atomic E-state index is 13.6. The van der Waals surface area contributed by atoms with Crippen molar-refractivity contribution in [1.29, 1.82) is 0 Å². The second-order valence-electron chi connectivity index (χ2n) is 4.29. The average molecular weight is 314 g/mol. The molecule has 1 aliphatic rings. The average Bonchev–Trinajstić information content (AvgIpc) is 2.86. The van der Waals surface area contributed by atoms with E-state index in [9.17, 15) is 12.8 Å².